The fraction of sp³-hybridized carbons (Fsp3) is 1.00. The lowest BCUT2D eigenvalue weighted by Crippen LogP contribution is -2.42. The van der Waals surface area contributed by atoms with Crippen LogP contribution in [0.15, 0.2) is 0 Å². The minimum atomic E-state index is 0.556. The first-order valence-corrected chi connectivity index (χ1v) is 7.38. The van der Waals surface area contributed by atoms with Crippen LogP contribution < -0.4 is 5.32 Å². The van der Waals surface area contributed by atoms with Crippen LogP contribution in [0.1, 0.15) is 52.9 Å². The molecular formula is C15H29NO. The highest BCUT2D eigenvalue weighted by atomic mass is 16.5. The Hall–Kier alpha value is -0.0800. The third-order valence-electron chi connectivity index (χ3n) is 4.40. The molecule has 1 N–H and O–H groups in total. The van der Waals surface area contributed by atoms with E-state index >= 15 is 0 Å². The zero-order chi connectivity index (χ0) is 12.3. The van der Waals surface area contributed by atoms with Gasteiger partial charge in [-0.05, 0) is 49.4 Å². The second kappa shape index (κ2) is 5.71. The average Bonchev–Trinajstić information content (AvgIpc) is 3.03. The molecule has 2 aliphatic carbocycles. The number of ether oxygens (including phenoxy) is 1. The first-order chi connectivity index (χ1) is 8.07. The van der Waals surface area contributed by atoms with Gasteiger partial charge >= 0.3 is 0 Å². The van der Waals surface area contributed by atoms with E-state index in [0.29, 0.717) is 11.5 Å². The van der Waals surface area contributed by atoms with E-state index in [1.54, 1.807) is 0 Å². The van der Waals surface area contributed by atoms with E-state index in [2.05, 4.69) is 26.1 Å². The molecule has 0 aromatic rings. The van der Waals surface area contributed by atoms with Crippen LogP contribution >= 0.6 is 0 Å². The van der Waals surface area contributed by atoms with E-state index in [9.17, 15) is 0 Å². The van der Waals surface area contributed by atoms with Crippen molar-refractivity contribution in [1.29, 1.82) is 0 Å². The number of rotatable bonds is 6. The molecule has 17 heavy (non-hydrogen) atoms. The van der Waals surface area contributed by atoms with E-state index in [1.807, 2.05) is 0 Å². The Kier molecular flexibility index (Phi) is 4.48. The molecule has 0 spiro atoms. The van der Waals surface area contributed by atoms with Crippen molar-refractivity contribution >= 4 is 0 Å². The molecule has 0 aromatic carbocycles. The van der Waals surface area contributed by atoms with Crippen LogP contribution in [0, 0.1) is 17.3 Å². The van der Waals surface area contributed by atoms with Crippen LogP contribution in [0.5, 0.6) is 0 Å². The van der Waals surface area contributed by atoms with Crippen molar-refractivity contribution in [3.05, 3.63) is 0 Å². The standard InChI is InChI=1S/C15H29NO/c1-12-10-15(2,3)7-6-14(12)16-8-9-17-11-13-4-5-13/h12-14,16H,4-11H2,1-3H3. The van der Waals surface area contributed by atoms with Gasteiger partial charge in [0.2, 0.25) is 0 Å². The summed E-state index contributed by atoms with van der Waals surface area (Å²) in [5.41, 5.74) is 0.556. The van der Waals surface area contributed by atoms with Crippen molar-refractivity contribution in [2.75, 3.05) is 19.8 Å². The van der Waals surface area contributed by atoms with Crippen molar-refractivity contribution < 1.29 is 4.74 Å². The molecule has 2 atom stereocenters. The maximum absolute atomic E-state index is 5.66. The maximum Gasteiger partial charge on any atom is 0.0591 e. The second-order valence-corrected chi connectivity index (χ2v) is 6.96. The largest absolute Gasteiger partial charge is 0.380 e. The van der Waals surface area contributed by atoms with Crippen molar-refractivity contribution in [3.8, 4) is 0 Å². The highest BCUT2D eigenvalue weighted by Crippen LogP contribution is 2.38. The molecule has 0 amide bonds. The molecule has 0 heterocycles. The lowest BCUT2D eigenvalue weighted by Gasteiger charge is -2.39. The van der Waals surface area contributed by atoms with Gasteiger partial charge in [-0.15, -0.1) is 0 Å². The average molecular weight is 239 g/mol. The SMILES string of the molecule is CC1CC(C)(C)CCC1NCCOCC1CC1. The van der Waals surface area contributed by atoms with E-state index in [1.165, 1.54) is 32.1 Å². The number of hydrogen-bond donors (Lipinski definition) is 1. The summed E-state index contributed by atoms with van der Waals surface area (Å²) in [6, 6.07) is 0.715. The Morgan fingerprint density at radius 1 is 1.24 bits per heavy atom. The predicted molar refractivity (Wildman–Crippen MR) is 72.1 cm³/mol. The van der Waals surface area contributed by atoms with Crippen LogP contribution in [0.25, 0.3) is 0 Å². The minimum Gasteiger partial charge on any atom is -0.380 e. The molecule has 2 heteroatoms. The summed E-state index contributed by atoms with van der Waals surface area (Å²) in [5, 5.41) is 3.68. The smallest absolute Gasteiger partial charge is 0.0591 e. The van der Waals surface area contributed by atoms with Crippen LogP contribution in [0.3, 0.4) is 0 Å². The third-order valence-corrected chi connectivity index (χ3v) is 4.40. The van der Waals surface area contributed by atoms with E-state index in [4.69, 9.17) is 4.74 Å². The fourth-order valence-corrected chi connectivity index (χ4v) is 3.10. The molecule has 0 aliphatic heterocycles. The summed E-state index contributed by atoms with van der Waals surface area (Å²) in [4.78, 5) is 0. The lowest BCUT2D eigenvalue weighted by atomic mass is 9.70. The van der Waals surface area contributed by atoms with Gasteiger partial charge < -0.3 is 10.1 Å². The molecule has 100 valence electrons. The molecule has 2 aliphatic rings. The Morgan fingerprint density at radius 2 is 2.00 bits per heavy atom. The summed E-state index contributed by atoms with van der Waals surface area (Å²) in [6.07, 6.45) is 6.83. The minimum absolute atomic E-state index is 0.556. The second-order valence-electron chi connectivity index (χ2n) is 6.96. The molecule has 2 fully saturated rings. The fourth-order valence-electron chi connectivity index (χ4n) is 3.10. The van der Waals surface area contributed by atoms with Crippen molar-refractivity contribution in [2.24, 2.45) is 17.3 Å². The van der Waals surface area contributed by atoms with Gasteiger partial charge in [0.1, 0.15) is 0 Å². The summed E-state index contributed by atoms with van der Waals surface area (Å²) in [5.74, 6) is 1.70. The Balaban J connectivity index is 1.55. The van der Waals surface area contributed by atoms with Crippen molar-refractivity contribution in [2.45, 2.75) is 58.9 Å². The van der Waals surface area contributed by atoms with Gasteiger partial charge in [0.15, 0.2) is 0 Å². The van der Waals surface area contributed by atoms with Gasteiger partial charge in [0.25, 0.3) is 0 Å². The van der Waals surface area contributed by atoms with Gasteiger partial charge in [-0.25, -0.2) is 0 Å². The third kappa shape index (κ3) is 4.59. The van der Waals surface area contributed by atoms with Gasteiger partial charge in [-0.1, -0.05) is 20.8 Å². The maximum atomic E-state index is 5.66. The number of hydrogen-bond acceptors (Lipinski definition) is 2. The van der Waals surface area contributed by atoms with Crippen LogP contribution in [-0.2, 0) is 4.74 Å². The lowest BCUT2D eigenvalue weighted by molar-refractivity contribution is 0.109. The van der Waals surface area contributed by atoms with E-state index < -0.39 is 0 Å². The molecule has 0 radical (unpaired) electrons. The zero-order valence-corrected chi connectivity index (χ0v) is 11.8. The van der Waals surface area contributed by atoms with Gasteiger partial charge in [0.05, 0.1) is 6.61 Å². The Bertz CT molecular complexity index is 235. The summed E-state index contributed by atoms with van der Waals surface area (Å²) >= 11 is 0. The Labute approximate surface area is 107 Å². The normalized spacial score (nSPS) is 32.6. The number of nitrogens with one attached hydrogen (secondary N) is 1. The molecule has 0 saturated heterocycles. The topological polar surface area (TPSA) is 21.3 Å². The van der Waals surface area contributed by atoms with Crippen LogP contribution in [0.4, 0.5) is 0 Å². The summed E-state index contributed by atoms with van der Waals surface area (Å²) in [6.45, 7) is 10.1. The van der Waals surface area contributed by atoms with Gasteiger partial charge in [-0.3, -0.25) is 0 Å². The summed E-state index contributed by atoms with van der Waals surface area (Å²) in [7, 11) is 0. The summed E-state index contributed by atoms with van der Waals surface area (Å²) < 4.78 is 5.66. The first kappa shape index (κ1) is 13.4. The highest BCUT2D eigenvalue weighted by Gasteiger charge is 2.31. The van der Waals surface area contributed by atoms with Gasteiger partial charge in [0, 0.05) is 19.2 Å². The van der Waals surface area contributed by atoms with Crippen LogP contribution in [-0.4, -0.2) is 25.8 Å². The predicted octanol–water partition coefficient (Wildman–Crippen LogP) is 3.22. The molecule has 2 nitrogen and oxygen atoms in total. The van der Waals surface area contributed by atoms with Crippen molar-refractivity contribution in [1.82, 2.24) is 5.32 Å². The van der Waals surface area contributed by atoms with Gasteiger partial charge in [-0.2, -0.15) is 0 Å². The van der Waals surface area contributed by atoms with Crippen molar-refractivity contribution in [3.63, 3.8) is 0 Å². The zero-order valence-electron chi connectivity index (χ0n) is 11.8. The van der Waals surface area contributed by atoms with E-state index in [-0.39, 0.29) is 0 Å². The molecule has 0 aromatic heterocycles. The Morgan fingerprint density at radius 3 is 2.65 bits per heavy atom. The molecular weight excluding hydrogens is 210 g/mol. The monoisotopic (exact) mass is 239 g/mol. The molecule has 2 saturated carbocycles. The van der Waals surface area contributed by atoms with E-state index in [0.717, 1.165) is 31.6 Å². The molecule has 2 rings (SSSR count). The first-order valence-electron chi connectivity index (χ1n) is 7.38. The molecule has 2 unspecified atom stereocenters. The molecule has 0 bridgehead atoms. The highest BCUT2D eigenvalue weighted by molar-refractivity contribution is 4.86. The van der Waals surface area contributed by atoms with Crippen LogP contribution in [0.2, 0.25) is 0 Å². The quantitative estimate of drug-likeness (QED) is 0.719.